The van der Waals surface area contributed by atoms with E-state index in [4.69, 9.17) is 4.74 Å². The average molecular weight is 626 g/mol. The molecule has 3 aromatic carbocycles. The fourth-order valence-corrected chi connectivity index (χ4v) is 6.68. The second-order valence-electron chi connectivity index (χ2n) is 12.7. The predicted octanol–water partition coefficient (Wildman–Crippen LogP) is 6.98. The molecule has 0 spiro atoms. The quantitative estimate of drug-likeness (QED) is 0.123. The van der Waals surface area contributed by atoms with Gasteiger partial charge in [0, 0.05) is 42.5 Å². The second-order valence-corrected chi connectivity index (χ2v) is 12.7. The molecule has 242 valence electrons. The first kappa shape index (κ1) is 34.1. The number of nitro groups is 1. The Morgan fingerprint density at radius 2 is 1.52 bits per heavy atom. The van der Waals surface area contributed by atoms with Crippen molar-refractivity contribution in [3.8, 4) is 0 Å². The maximum atomic E-state index is 13.3. The minimum absolute atomic E-state index is 0.00998. The number of rotatable bonds is 13. The van der Waals surface area contributed by atoms with E-state index in [2.05, 4.69) is 74.3 Å². The van der Waals surface area contributed by atoms with Gasteiger partial charge in [-0.05, 0) is 56.0 Å². The molecule has 0 fully saturated rings. The van der Waals surface area contributed by atoms with Crippen molar-refractivity contribution in [2.45, 2.75) is 46.0 Å². The van der Waals surface area contributed by atoms with Crippen LogP contribution in [0.1, 0.15) is 62.6 Å². The van der Waals surface area contributed by atoms with E-state index in [0.717, 1.165) is 13.0 Å². The third-order valence-corrected chi connectivity index (χ3v) is 8.70. The van der Waals surface area contributed by atoms with Crippen LogP contribution in [0.25, 0.3) is 0 Å². The van der Waals surface area contributed by atoms with Gasteiger partial charge in [0.2, 0.25) is 0 Å². The Bertz CT molecular complexity index is 1590. The first-order valence-corrected chi connectivity index (χ1v) is 15.4. The topological polar surface area (TPSA) is 113 Å². The number of carbonyl (C=O) groups is 2. The molecule has 0 amide bonds. The first-order chi connectivity index (χ1) is 21.8. The van der Waals surface area contributed by atoms with Crippen LogP contribution in [0.4, 0.5) is 5.69 Å². The van der Waals surface area contributed by atoms with Crippen LogP contribution < -0.4 is 0 Å². The Labute approximate surface area is 270 Å². The number of benzene rings is 3. The van der Waals surface area contributed by atoms with Crippen LogP contribution in [0, 0.1) is 15.5 Å². The molecule has 0 saturated heterocycles. The average Bonchev–Trinajstić information content (AvgIpc) is 3.03. The fraction of sp³-hybridized carbons (Fsp3) is 0.351. The van der Waals surface area contributed by atoms with E-state index in [1.54, 1.807) is 19.9 Å². The molecule has 4 rings (SSSR count). The van der Waals surface area contributed by atoms with Crippen molar-refractivity contribution < 1.29 is 24.4 Å². The molecule has 0 aromatic heterocycles. The molecule has 0 saturated carbocycles. The molecule has 1 unspecified atom stereocenters. The smallest absolute Gasteiger partial charge is 0.336 e. The number of nitro benzene ring substituents is 1. The highest BCUT2D eigenvalue weighted by atomic mass is 16.6. The summed E-state index contributed by atoms with van der Waals surface area (Å²) in [4.78, 5) is 41.2. The number of methoxy groups -OCH3 is 1. The standard InChI is InChI=1S/C37H43N3O6/c1-25-32(35(41)42)34(29-18-13-19-30(22-29)40(44)45)33(36(43)46-6)26(2)39(25)24-37(3,4)23-38(5)21-20-31(27-14-9-7-10-15-27)28-16-11-8-12-17-28/h7-19,22,31,34H,20-21,23-24H2,1-6H3,(H,41,42). The Morgan fingerprint density at radius 1 is 0.957 bits per heavy atom. The summed E-state index contributed by atoms with van der Waals surface area (Å²) < 4.78 is 5.14. The molecule has 3 aromatic rings. The minimum atomic E-state index is -1.20. The Morgan fingerprint density at radius 3 is 2.04 bits per heavy atom. The number of carbonyl (C=O) groups excluding carboxylic acids is 1. The summed E-state index contributed by atoms with van der Waals surface area (Å²) in [5, 5.41) is 22.0. The lowest BCUT2D eigenvalue weighted by Crippen LogP contribution is -2.43. The molecule has 1 aliphatic heterocycles. The molecule has 9 nitrogen and oxygen atoms in total. The van der Waals surface area contributed by atoms with Crippen molar-refractivity contribution in [1.82, 2.24) is 9.80 Å². The molecule has 0 aliphatic carbocycles. The van der Waals surface area contributed by atoms with E-state index in [0.29, 0.717) is 30.0 Å². The summed E-state index contributed by atoms with van der Waals surface area (Å²) >= 11 is 0. The lowest BCUT2D eigenvalue weighted by molar-refractivity contribution is -0.384. The van der Waals surface area contributed by atoms with Crippen LogP contribution in [0.15, 0.2) is 107 Å². The van der Waals surface area contributed by atoms with Gasteiger partial charge in [-0.3, -0.25) is 10.1 Å². The molecule has 1 heterocycles. The first-order valence-electron chi connectivity index (χ1n) is 15.4. The number of esters is 1. The summed E-state index contributed by atoms with van der Waals surface area (Å²) in [6.45, 7) is 9.75. The van der Waals surface area contributed by atoms with E-state index in [-0.39, 0.29) is 28.2 Å². The normalized spacial score (nSPS) is 15.5. The van der Waals surface area contributed by atoms with Crippen LogP contribution in [0.3, 0.4) is 0 Å². The van der Waals surface area contributed by atoms with Crippen molar-refractivity contribution in [3.63, 3.8) is 0 Å². The van der Waals surface area contributed by atoms with E-state index >= 15 is 0 Å². The highest BCUT2D eigenvalue weighted by Gasteiger charge is 2.41. The zero-order valence-corrected chi connectivity index (χ0v) is 27.4. The van der Waals surface area contributed by atoms with Gasteiger partial charge in [-0.25, -0.2) is 9.59 Å². The molecule has 0 bridgehead atoms. The SMILES string of the molecule is COC(=O)C1=C(C)N(CC(C)(C)CN(C)CCC(c2ccccc2)c2ccccc2)C(C)=C(C(=O)O)C1c1cccc([N+](=O)[O-])c1. The lowest BCUT2D eigenvalue weighted by Gasteiger charge is -2.42. The van der Waals surface area contributed by atoms with Gasteiger partial charge >= 0.3 is 11.9 Å². The van der Waals surface area contributed by atoms with Crippen LogP contribution in [0.2, 0.25) is 0 Å². The number of nitrogens with zero attached hydrogens (tertiary/aromatic N) is 3. The van der Waals surface area contributed by atoms with Crippen molar-refractivity contribution in [2.24, 2.45) is 5.41 Å². The predicted molar refractivity (Wildman–Crippen MR) is 178 cm³/mol. The minimum Gasteiger partial charge on any atom is -0.478 e. The zero-order valence-electron chi connectivity index (χ0n) is 27.4. The lowest BCUT2D eigenvalue weighted by atomic mass is 9.79. The van der Waals surface area contributed by atoms with Gasteiger partial charge in [0.05, 0.1) is 29.1 Å². The second kappa shape index (κ2) is 14.6. The molecular formula is C37H43N3O6. The van der Waals surface area contributed by atoms with Gasteiger partial charge in [0.1, 0.15) is 0 Å². The molecule has 0 radical (unpaired) electrons. The van der Waals surface area contributed by atoms with E-state index in [1.807, 2.05) is 17.0 Å². The molecule has 1 aliphatic rings. The molecular weight excluding hydrogens is 582 g/mol. The summed E-state index contributed by atoms with van der Waals surface area (Å²) in [5.41, 5.74) is 3.57. The summed E-state index contributed by atoms with van der Waals surface area (Å²) in [6.07, 6.45) is 0.919. The third kappa shape index (κ3) is 7.72. The number of hydrogen-bond acceptors (Lipinski definition) is 7. The Hall–Kier alpha value is -4.76. The van der Waals surface area contributed by atoms with Crippen LogP contribution in [-0.2, 0) is 14.3 Å². The number of carboxylic acid groups (broad SMARTS) is 1. The number of hydrogen-bond donors (Lipinski definition) is 1. The van der Waals surface area contributed by atoms with Crippen molar-refractivity contribution >= 4 is 17.6 Å². The summed E-state index contributed by atoms with van der Waals surface area (Å²) in [5.74, 6) is -2.65. The van der Waals surface area contributed by atoms with Crippen molar-refractivity contribution in [1.29, 1.82) is 0 Å². The molecule has 1 atom stereocenters. The van der Waals surface area contributed by atoms with E-state index in [9.17, 15) is 24.8 Å². The number of carboxylic acids is 1. The van der Waals surface area contributed by atoms with E-state index < -0.39 is 22.8 Å². The van der Waals surface area contributed by atoms with Gasteiger partial charge in [-0.2, -0.15) is 0 Å². The highest BCUT2D eigenvalue weighted by molar-refractivity contribution is 5.99. The largest absolute Gasteiger partial charge is 0.478 e. The van der Waals surface area contributed by atoms with Crippen LogP contribution in [-0.4, -0.2) is 65.6 Å². The van der Waals surface area contributed by atoms with Crippen LogP contribution >= 0.6 is 0 Å². The fourth-order valence-electron chi connectivity index (χ4n) is 6.68. The highest BCUT2D eigenvalue weighted by Crippen LogP contribution is 2.44. The summed E-state index contributed by atoms with van der Waals surface area (Å²) in [7, 11) is 3.34. The maximum absolute atomic E-state index is 13.3. The van der Waals surface area contributed by atoms with Gasteiger partial charge in [-0.1, -0.05) is 86.6 Å². The number of allylic oxidation sites excluding steroid dienone is 2. The number of ether oxygens (including phenoxy) is 1. The molecule has 1 N–H and O–H groups in total. The van der Waals surface area contributed by atoms with Gasteiger partial charge in [0.15, 0.2) is 0 Å². The summed E-state index contributed by atoms with van der Waals surface area (Å²) in [6, 6.07) is 26.8. The zero-order chi connectivity index (χ0) is 33.6. The van der Waals surface area contributed by atoms with Crippen LogP contribution in [0.5, 0.6) is 0 Å². The Kier molecular flexibility index (Phi) is 10.8. The van der Waals surface area contributed by atoms with Gasteiger partial charge in [0.25, 0.3) is 5.69 Å². The van der Waals surface area contributed by atoms with E-state index in [1.165, 1.54) is 36.4 Å². The monoisotopic (exact) mass is 625 g/mol. The van der Waals surface area contributed by atoms with Crippen molar-refractivity contribution in [2.75, 3.05) is 33.8 Å². The van der Waals surface area contributed by atoms with Gasteiger partial charge < -0.3 is 19.6 Å². The van der Waals surface area contributed by atoms with Gasteiger partial charge in [-0.15, -0.1) is 0 Å². The number of aliphatic carboxylic acids is 1. The molecule has 9 heteroatoms. The maximum Gasteiger partial charge on any atom is 0.336 e. The number of non-ortho nitro benzene ring substituents is 1. The van der Waals surface area contributed by atoms with Crippen molar-refractivity contribution in [3.05, 3.63) is 134 Å². The molecule has 46 heavy (non-hydrogen) atoms. The third-order valence-electron chi connectivity index (χ3n) is 8.70. The Balaban J connectivity index is 1.60.